The highest BCUT2D eigenvalue weighted by Gasteiger charge is 2.41. The molecule has 1 heterocycles. The fourth-order valence-corrected chi connectivity index (χ4v) is 4.20. The molecule has 0 spiro atoms. The minimum Gasteiger partial charge on any atom is -0.341 e. The number of nitrogens with two attached hydrogens (primary N) is 1. The van der Waals surface area contributed by atoms with E-state index < -0.39 is 5.41 Å². The molecule has 1 fully saturated rings. The summed E-state index contributed by atoms with van der Waals surface area (Å²) in [5, 5.41) is 0.634. The van der Waals surface area contributed by atoms with Crippen LogP contribution in [0.15, 0.2) is 54.6 Å². The van der Waals surface area contributed by atoms with Crippen molar-refractivity contribution in [1.29, 1.82) is 0 Å². The van der Waals surface area contributed by atoms with Gasteiger partial charge in [-0.15, -0.1) is 0 Å². The quantitative estimate of drug-likeness (QED) is 0.905. The van der Waals surface area contributed by atoms with Gasteiger partial charge in [0.05, 0.1) is 5.41 Å². The van der Waals surface area contributed by atoms with Crippen molar-refractivity contribution in [2.75, 3.05) is 19.6 Å². The number of hydrogen-bond acceptors (Lipinski definition) is 2. The predicted molar refractivity (Wildman–Crippen MR) is 103 cm³/mol. The van der Waals surface area contributed by atoms with Crippen molar-refractivity contribution in [3.05, 3.63) is 70.7 Å². The van der Waals surface area contributed by atoms with E-state index in [0.717, 1.165) is 5.56 Å². The van der Waals surface area contributed by atoms with Crippen LogP contribution in [0, 0.1) is 5.92 Å². The zero-order valence-corrected chi connectivity index (χ0v) is 15.5. The van der Waals surface area contributed by atoms with Gasteiger partial charge in [-0.25, -0.2) is 0 Å². The first-order valence-corrected chi connectivity index (χ1v) is 9.12. The summed E-state index contributed by atoms with van der Waals surface area (Å²) < 4.78 is 0. The second-order valence-corrected chi connectivity index (χ2v) is 7.74. The molecule has 3 rings (SSSR count). The molecule has 0 aromatic heterocycles. The molecule has 132 valence electrons. The van der Waals surface area contributed by atoms with Crippen molar-refractivity contribution in [1.82, 2.24) is 4.90 Å². The van der Waals surface area contributed by atoms with E-state index in [1.807, 2.05) is 61.2 Å². The van der Waals surface area contributed by atoms with Gasteiger partial charge in [0.25, 0.3) is 0 Å². The summed E-state index contributed by atoms with van der Waals surface area (Å²) in [4.78, 5) is 15.2. The van der Waals surface area contributed by atoms with Crippen LogP contribution >= 0.6 is 11.6 Å². The smallest absolute Gasteiger partial charge is 0.232 e. The van der Waals surface area contributed by atoms with Crippen LogP contribution in [-0.2, 0) is 10.2 Å². The lowest BCUT2D eigenvalue weighted by atomic mass is 9.83. The van der Waals surface area contributed by atoms with Crippen molar-refractivity contribution in [2.45, 2.75) is 25.2 Å². The zero-order valence-electron chi connectivity index (χ0n) is 14.8. The van der Waals surface area contributed by atoms with Gasteiger partial charge in [0.15, 0.2) is 0 Å². The summed E-state index contributed by atoms with van der Waals surface area (Å²) in [5.74, 6) is 0.683. The Bertz CT molecular complexity index is 745. The Morgan fingerprint density at radius 1 is 1.12 bits per heavy atom. The molecule has 1 amide bonds. The Kier molecular flexibility index (Phi) is 5.16. The fourth-order valence-electron chi connectivity index (χ4n) is 3.83. The molecule has 1 saturated heterocycles. The van der Waals surface area contributed by atoms with Gasteiger partial charge in [-0.1, -0.05) is 60.1 Å². The third-order valence-corrected chi connectivity index (χ3v) is 5.67. The van der Waals surface area contributed by atoms with Crippen LogP contribution < -0.4 is 5.73 Å². The SMILES string of the molecule is CC(C)(C(=O)N1C[C@@H](CN)[C@H](c2ccccc2)C1)c1ccccc1Cl. The molecular weight excluding hydrogens is 332 g/mol. The van der Waals surface area contributed by atoms with Crippen LogP contribution in [0.3, 0.4) is 0 Å². The largest absolute Gasteiger partial charge is 0.341 e. The van der Waals surface area contributed by atoms with E-state index >= 15 is 0 Å². The fraction of sp³-hybridized carbons (Fsp3) is 0.381. The lowest BCUT2D eigenvalue weighted by molar-refractivity contribution is -0.135. The average molecular weight is 357 g/mol. The highest BCUT2D eigenvalue weighted by Crippen LogP contribution is 2.37. The van der Waals surface area contributed by atoms with Gasteiger partial charge < -0.3 is 10.6 Å². The first-order chi connectivity index (χ1) is 11.9. The zero-order chi connectivity index (χ0) is 18.0. The van der Waals surface area contributed by atoms with Gasteiger partial charge >= 0.3 is 0 Å². The van der Waals surface area contributed by atoms with Crippen LogP contribution in [0.5, 0.6) is 0 Å². The van der Waals surface area contributed by atoms with E-state index in [1.165, 1.54) is 5.56 Å². The van der Waals surface area contributed by atoms with E-state index in [-0.39, 0.29) is 17.7 Å². The number of hydrogen-bond donors (Lipinski definition) is 1. The Morgan fingerprint density at radius 2 is 1.76 bits per heavy atom. The number of halogens is 1. The minimum absolute atomic E-state index is 0.109. The molecule has 1 aliphatic heterocycles. The first-order valence-electron chi connectivity index (χ1n) is 8.74. The molecule has 0 radical (unpaired) electrons. The standard InChI is InChI=1S/C21H25ClN2O/c1-21(2,18-10-6-7-11-19(18)22)20(25)24-13-16(12-23)17(14-24)15-8-4-3-5-9-15/h3-11,16-17H,12-14,23H2,1-2H3/t16-,17+/m1/s1. The Labute approximate surface area is 154 Å². The second kappa shape index (κ2) is 7.19. The number of likely N-dealkylation sites (tertiary alicyclic amines) is 1. The van der Waals surface area contributed by atoms with Crippen molar-refractivity contribution < 1.29 is 4.79 Å². The maximum Gasteiger partial charge on any atom is 0.232 e. The van der Waals surface area contributed by atoms with E-state index in [9.17, 15) is 4.79 Å². The number of rotatable bonds is 4. The van der Waals surface area contributed by atoms with Crippen LogP contribution in [0.2, 0.25) is 5.02 Å². The van der Waals surface area contributed by atoms with Crippen LogP contribution in [-0.4, -0.2) is 30.4 Å². The Balaban J connectivity index is 1.85. The van der Waals surface area contributed by atoms with E-state index in [1.54, 1.807) is 0 Å². The van der Waals surface area contributed by atoms with Crippen molar-refractivity contribution in [3.63, 3.8) is 0 Å². The number of amides is 1. The summed E-state index contributed by atoms with van der Waals surface area (Å²) in [6.07, 6.45) is 0. The molecule has 3 nitrogen and oxygen atoms in total. The summed E-state index contributed by atoms with van der Waals surface area (Å²) in [5.41, 5.74) is 7.47. The topological polar surface area (TPSA) is 46.3 Å². The molecule has 1 aliphatic rings. The summed E-state index contributed by atoms with van der Waals surface area (Å²) in [6, 6.07) is 17.9. The highest BCUT2D eigenvalue weighted by molar-refractivity contribution is 6.31. The number of benzene rings is 2. The third kappa shape index (κ3) is 3.44. The summed E-state index contributed by atoms with van der Waals surface area (Å²) in [6.45, 7) is 5.88. The molecule has 2 aromatic rings. The summed E-state index contributed by atoms with van der Waals surface area (Å²) in [7, 11) is 0. The van der Waals surface area contributed by atoms with E-state index in [0.29, 0.717) is 24.7 Å². The normalized spacial score (nSPS) is 20.7. The molecule has 0 unspecified atom stereocenters. The van der Waals surface area contributed by atoms with Gasteiger partial charge in [-0.05, 0) is 43.5 Å². The van der Waals surface area contributed by atoms with Gasteiger partial charge in [-0.3, -0.25) is 4.79 Å². The number of carbonyl (C=O) groups is 1. The van der Waals surface area contributed by atoms with Gasteiger partial charge in [0.2, 0.25) is 5.91 Å². The molecule has 0 saturated carbocycles. The number of nitrogens with zero attached hydrogens (tertiary/aromatic N) is 1. The lowest BCUT2D eigenvalue weighted by Gasteiger charge is -2.30. The summed E-state index contributed by atoms with van der Waals surface area (Å²) >= 11 is 6.35. The van der Waals surface area contributed by atoms with Crippen molar-refractivity contribution in [3.8, 4) is 0 Å². The predicted octanol–water partition coefficient (Wildman–Crippen LogP) is 3.82. The van der Waals surface area contributed by atoms with Gasteiger partial charge in [0, 0.05) is 24.0 Å². The molecule has 2 N–H and O–H groups in total. The average Bonchev–Trinajstić information content (AvgIpc) is 3.06. The second-order valence-electron chi connectivity index (χ2n) is 7.33. The van der Waals surface area contributed by atoms with Crippen LogP contribution in [0.25, 0.3) is 0 Å². The van der Waals surface area contributed by atoms with Crippen molar-refractivity contribution in [2.24, 2.45) is 11.7 Å². The maximum atomic E-state index is 13.3. The molecule has 0 bridgehead atoms. The lowest BCUT2D eigenvalue weighted by Crippen LogP contribution is -2.42. The Hall–Kier alpha value is -1.84. The third-order valence-electron chi connectivity index (χ3n) is 5.34. The van der Waals surface area contributed by atoms with Crippen LogP contribution in [0.4, 0.5) is 0 Å². The van der Waals surface area contributed by atoms with E-state index in [4.69, 9.17) is 17.3 Å². The van der Waals surface area contributed by atoms with Crippen LogP contribution in [0.1, 0.15) is 30.9 Å². The highest BCUT2D eigenvalue weighted by atomic mass is 35.5. The molecular formula is C21H25ClN2O. The van der Waals surface area contributed by atoms with Gasteiger partial charge in [-0.2, -0.15) is 0 Å². The Morgan fingerprint density at radius 3 is 2.40 bits per heavy atom. The monoisotopic (exact) mass is 356 g/mol. The van der Waals surface area contributed by atoms with E-state index in [2.05, 4.69) is 12.1 Å². The molecule has 2 atom stereocenters. The van der Waals surface area contributed by atoms with Gasteiger partial charge in [0.1, 0.15) is 0 Å². The molecule has 25 heavy (non-hydrogen) atoms. The minimum atomic E-state index is -0.664. The number of carbonyl (C=O) groups excluding carboxylic acids is 1. The van der Waals surface area contributed by atoms with Crippen molar-refractivity contribution >= 4 is 17.5 Å². The maximum absolute atomic E-state index is 13.3. The molecule has 4 heteroatoms. The molecule has 2 aromatic carbocycles. The first kappa shape index (κ1) is 18.0. The molecule has 0 aliphatic carbocycles.